The third-order valence-electron chi connectivity index (χ3n) is 5.97. The number of fused-ring (bicyclic) bond motifs is 2. The number of aromatic amines is 1. The maximum atomic E-state index is 12.9. The van der Waals surface area contributed by atoms with Crippen molar-refractivity contribution in [3.05, 3.63) is 66.6 Å². The fourth-order valence-electron chi connectivity index (χ4n) is 4.05. The lowest BCUT2D eigenvalue weighted by molar-refractivity contribution is 0.328. The van der Waals surface area contributed by atoms with Crippen LogP contribution < -0.4 is 15.9 Å². The van der Waals surface area contributed by atoms with Gasteiger partial charge in [0.15, 0.2) is 0 Å². The van der Waals surface area contributed by atoms with Crippen molar-refractivity contribution in [3.63, 3.8) is 0 Å². The summed E-state index contributed by atoms with van der Waals surface area (Å²) in [5, 5.41) is 0.179. The molecule has 3 heterocycles. The molecule has 3 aromatic rings. The molecule has 2 aromatic heterocycles. The number of hydrogen-bond acceptors (Lipinski definition) is 7. The average molecular weight is 440 g/mol. The van der Waals surface area contributed by atoms with E-state index in [9.17, 15) is 18.0 Å². The Morgan fingerprint density at radius 1 is 1.23 bits per heavy atom. The summed E-state index contributed by atoms with van der Waals surface area (Å²) in [6, 6.07) is 6.51. The summed E-state index contributed by atoms with van der Waals surface area (Å²) in [7, 11) is -3.67. The first-order valence-electron chi connectivity index (χ1n) is 10.2. The van der Waals surface area contributed by atoms with E-state index >= 15 is 0 Å². The lowest BCUT2D eigenvalue weighted by atomic mass is 9.80. The molecule has 0 spiro atoms. The first-order valence-corrected chi connectivity index (χ1v) is 11.6. The highest BCUT2D eigenvalue weighted by Gasteiger charge is 2.31. The molecule has 31 heavy (non-hydrogen) atoms. The predicted octanol–water partition coefficient (Wildman–Crippen LogP) is 2.91. The van der Waals surface area contributed by atoms with E-state index in [0.717, 1.165) is 18.4 Å². The van der Waals surface area contributed by atoms with E-state index in [1.165, 1.54) is 12.5 Å². The Morgan fingerprint density at radius 2 is 2.03 bits per heavy atom. The largest absolute Gasteiger partial charge is 0.459 e. The van der Waals surface area contributed by atoms with E-state index in [4.69, 9.17) is 9.15 Å². The van der Waals surface area contributed by atoms with Gasteiger partial charge in [0.1, 0.15) is 12.0 Å². The molecule has 2 aliphatic rings. The van der Waals surface area contributed by atoms with Crippen molar-refractivity contribution in [2.75, 3.05) is 6.61 Å². The normalized spacial score (nSPS) is 17.3. The smallest absolute Gasteiger partial charge is 0.337 e. The third-order valence-corrected chi connectivity index (χ3v) is 7.85. The molecule has 0 amide bonds. The minimum Gasteiger partial charge on any atom is -0.459 e. The number of ether oxygens (including phenoxy) is 1. The minimum atomic E-state index is -3.67. The predicted molar refractivity (Wildman–Crippen MR) is 114 cm³/mol. The molecule has 1 fully saturated rings. The maximum Gasteiger partial charge on any atom is 0.337 e. The fourth-order valence-corrected chi connectivity index (χ4v) is 5.50. The highest BCUT2D eigenvalue weighted by atomic mass is 32.2. The first kappa shape index (κ1) is 19.7. The molecule has 1 aliphatic heterocycles. The van der Waals surface area contributed by atoms with Crippen LogP contribution in [0.5, 0.6) is 6.01 Å². The standard InChI is InChI=1S/C22H20N2O6S/c1-2-12-10-18(25)30-21-19(12)20(26)23-22(24-21)29-11-16-9-15-8-14(13-4-3-5-13)6-7-17(15)31(16,27)28/h6-10,13H,2-5,11H2,1H3,(H,23,24,26). The molecule has 1 aromatic carbocycles. The lowest BCUT2D eigenvalue weighted by Crippen LogP contribution is -2.17. The molecule has 1 saturated carbocycles. The second-order valence-electron chi connectivity index (χ2n) is 7.82. The summed E-state index contributed by atoms with van der Waals surface area (Å²) in [4.78, 5) is 31.1. The highest BCUT2D eigenvalue weighted by molar-refractivity contribution is 7.95. The Morgan fingerprint density at radius 3 is 2.74 bits per heavy atom. The summed E-state index contributed by atoms with van der Waals surface area (Å²) in [6.07, 6.45) is 5.51. The van der Waals surface area contributed by atoms with Crippen LogP contribution in [0.3, 0.4) is 0 Å². The molecule has 1 aliphatic carbocycles. The fraction of sp³-hybridized carbons (Fsp3) is 0.318. The maximum absolute atomic E-state index is 12.9. The molecule has 0 unspecified atom stereocenters. The van der Waals surface area contributed by atoms with E-state index in [-0.39, 0.29) is 33.5 Å². The van der Waals surface area contributed by atoms with Gasteiger partial charge < -0.3 is 9.15 Å². The van der Waals surface area contributed by atoms with Crippen LogP contribution >= 0.6 is 0 Å². The molecule has 0 saturated heterocycles. The van der Waals surface area contributed by atoms with E-state index < -0.39 is 21.0 Å². The van der Waals surface area contributed by atoms with Crippen LogP contribution in [-0.2, 0) is 16.3 Å². The van der Waals surface area contributed by atoms with Crippen LogP contribution in [0, 0.1) is 0 Å². The summed E-state index contributed by atoms with van der Waals surface area (Å²) in [5.41, 5.74) is 1.05. The third kappa shape index (κ3) is 3.29. The van der Waals surface area contributed by atoms with E-state index in [1.807, 2.05) is 19.1 Å². The molecule has 160 valence electrons. The number of H-pyrrole nitrogens is 1. The van der Waals surface area contributed by atoms with Crippen LogP contribution in [0.15, 0.2) is 48.1 Å². The molecule has 0 atom stereocenters. The average Bonchev–Trinajstić information content (AvgIpc) is 2.93. The van der Waals surface area contributed by atoms with Crippen LogP contribution in [0.4, 0.5) is 0 Å². The Hall–Kier alpha value is -3.20. The SMILES string of the molecule is CCc1cc(=O)oc2nc(OCC3=Cc4cc(C5CCC5)ccc4S3(=O)=O)[nH]c(=O)c12. The van der Waals surface area contributed by atoms with Crippen LogP contribution in [0.1, 0.15) is 48.8 Å². The van der Waals surface area contributed by atoms with Gasteiger partial charge in [-0.1, -0.05) is 25.5 Å². The number of hydrogen-bond donors (Lipinski definition) is 1. The van der Waals surface area contributed by atoms with Gasteiger partial charge >= 0.3 is 5.63 Å². The Labute approximate surface area is 177 Å². The quantitative estimate of drug-likeness (QED) is 0.648. The van der Waals surface area contributed by atoms with Gasteiger partial charge in [-0.05, 0) is 54.0 Å². The van der Waals surface area contributed by atoms with Gasteiger partial charge in [-0.15, -0.1) is 0 Å². The number of aromatic nitrogens is 2. The molecular weight excluding hydrogens is 420 g/mol. The number of nitrogens with one attached hydrogen (secondary N) is 1. The highest BCUT2D eigenvalue weighted by Crippen LogP contribution is 2.40. The zero-order valence-corrected chi connectivity index (χ0v) is 17.6. The van der Waals surface area contributed by atoms with Crippen molar-refractivity contribution < 1.29 is 17.6 Å². The number of aryl methyl sites for hydroxylation is 1. The van der Waals surface area contributed by atoms with Crippen molar-refractivity contribution in [1.82, 2.24) is 9.97 Å². The van der Waals surface area contributed by atoms with Crippen LogP contribution in [0.2, 0.25) is 0 Å². The van der Waals surface area contributed by atoms with Crippen LogP contribution in [0.25, 0.3) is 17.2 Å². The summed E-state index contributed by atoms with van der Waals surface area (Å²) in [6.45, 7) is 1.51. The second-order valence-corrected chi connectivity index (χ2v) is 9.79. The monoisotopic (exact) mass is 440 g/mol. The number of rotatable bonds is 5. The van der Waals surface area contributed by atoms with Gasteiger partial charge in [-0.3, -0.25) is 9.78 Å². The van der Waals surface area contributed by atoms with Crippen molar-refractivity contribution in [2.24, 2.45) is 0 Å². The molecule has 0 bridgehead atoms. The Kier molecular flexibility index (Phi) is 4.58. The summed E-state index contributed by atoms with van der Waals surface area (Å²) >= 11 is 0. The topological polar surface area (TPSA) is 119 Å². The van der Waals surface area contributed by atoms with Gasteiger partial charge in [0.25, 0.3) is 11.6 Å². The van der Waals surface area contributed by atoms with E-state index in [2.05, 4.69) is 9.97 Å². The van der Waals surface area contributed by atoms with Gasteiger partial charge in [-0.2, -0.15) is 4.98 Å². The van der Waals surface area contributed by atoms with Gasteiger partial charge in [0.05, 0.1) is 9.80 Å². The lowest BCUT2D eigenvalue weighted by Gasteiger charge is -2.26. The van der Waals surface area contributed by atoms with E-state index in [0.29, 0.717) is 23.5 Å². The summed E-state index contributed by atoms with van der Waals surface area (Å²) < 4.78 is 36.3. The van der Waals surface area contributed by atoms with Crippen molar-refractivity contribution >= 4 is 27.0 Å². The minimum absolute atomic E-state index is 0.0831. The van der Waals surface area contributed by atoms with Crippen molar-refractivity contribution in [3.8, 4) is 6.01 Å². The molecule has 9 heteroatoms. The molecule has 5 rings (SSSR count). The zero-order chi connectivity index (χ0) is 21.8. The summed E-state index contributed by atoms with van der Waals surface area (Å²) in [5.74, 6) is 0.497. The zero-order valence-electron chi connectivity index (χ0n) is 16.8. The van der Waals surface area contributed by atoms with Crippen molar-refractivity contribution in [1.29, 1.82) is 0 Å². The molecular formula is C22H20N2O6S. The first-order chi connectivity index (χ1) is 14.9. The molecule has 8 nitrogen and oxygen atoms in total. The Balaban J connectivity index is 1.44. The molecule has 1 N–H and O–H groups in total. The van der Waals surface area contributed by atoms with Crippen molar-refractivity contribution in [2.45, 2.75) is 43.4 Å². The van der Waals surface area contributed by atoms with Crippen LogP contribution in [-0.4, -0.2) is 25.0 Å². The molecule has 0 radical (unpaired) electrons. The number of nitrogens with zero attached hydrogens (tertiary/aromatic N) is 1. The second kappa shape index (κ2) is 7.19. The number of benzene rings is 1. The van der Waals surface area contributed by atoms with Gasteiger partial charge in [0.2, 0.25) is 15.6 Å². The Bertz CT molecular complexity index is 1460. The number of sulfone groups is 1. The van der Waals surface area contributed by atoms with Gasteiger partial charge in [-0.25, -0.2) is 13.2 Å². The van der Waals surface area contributed by atoms with E-state index in [1.54, 1.807) is 12.1 Å². The van der Waals surface area contributed by atoms with Gasteiger partial charge in [0, 0.05) is 6.07 Å².